The van der Waals surface area contributed by atoms with E-state index in [1.807, 2.05) is 6.07 Å². The van der Waals surface area contributed by atoms with Gasteiger partial charge in [-0.15, -0.1) is 0 Å². The summed E-state index contributed by atoms with van der Waals surface area (Å²) in [5.41, 5.74) is 3.92. The normalized spacial score (nSPS) is 16.5. The second kappa shape index (κ2) is 8.37. The predicted octanol–water partition coefficient (Wildman–Crippen LogP) is 5.47. The van der Waals surface area contributed by atoms with E-state index in [1.165, 1.54) is 5.57 Å². The van der Waals surface area contributed by atoms with E-state index in [4.69, 9.17) is 14.2 Å². The first-order valence-corrected chi connectivity index (χ1v) is 9.73. The summed E-state index contributed by atoms with van der Waals surface area (Å²) >= 11 is 0. The van der Waals surface area contributed by atoms with E-state index in [1.54, 1.807) is 21.3 Å². The van der Waals surface area contributed by atoms with Gasteiger partial charge in [0.1, 0.15) is 5.75 Å². The maximum Gasteiger partial charge on any atom is 0.167 e. The van der Waals surface area contributed by atoms with E-state index in [0.29, 0.717) is 17.9 Å². The fraction of sp³-hybridized carbons (Fsp3) is 0.609. The molecule has 0 heterocycles. The molecule has 0 saturated heterocycles. The molecule has 0 fully saturated rings. The number of carbonyl (C=O) groups excluding carboxylic acids is 1. The lowest BCUT2D eigenvalue weighted by molar-refractivity contribution is -0.116. The third kappa shape index (κ3) is 4.15. The van der Waals surface area contributed by atoms with Crippen LogP contribution in [0.4, 0.5) is 0 Å². The van der Waals surface area contributed by atoms with Crippen LogP contribution < -0.4 is 14.2 Å². The summed E-state index contributed by atoms with van der Waals surface area (Å²) in [6.07, 6.45) is 3.50. The molecule has 1 aromatic rings. The topological polar surface area (TPSA) is 44.8 Å². The highest BCUT2D eigenvalue weighted by Gasteiger charge is 2.34. The summed E-state index contributed by atoms with van der Waals surface area (Å²) in [5.74, 6) is 2.39. The number of carbonyl (C=O) groups is 1. The molecule has 0 spiro atoms. The second-order valence-corrected chi connectivity index (χ2v) is 8.37. The second-order valence-electron chi connectivity index (χ2n) is 8.37. The highest BCUT2D eigenvalue weighted by Crippen LogP contribution is 2.46. The van der Waals surface area contributed by atoms with Gasteiger partial charge in [-0.2, -0.15) is 0 Å². The molecule has 0 unspecified atom stereocenters. The largest absolute Gasteiger partial charge is 0.496 e. The molecule has 150 valence electrons. The van der Waals surface area contributed by atoms with Crippen molar-refractivity contribution in [2.75, 3.05) is 21.3 Å². The number of hydrogen-bond acceptors (Lipinski definition) is 4. The van der Waals surface area contributed by atoms with Crippen LogP contribution in [0.2, 0.25) is 0 Å². The molecule has 0 N–H and O–H groups in total. The lowest BCUT2D eigenvalue weighted by atomic mass is 9.70. The molecule has 0 radical (unpaired) electrons. The minimum Gasteiger partial charge on any atom is -0.496 e. The Morgan fingerprint density at radius 1 is 1.11 bits per heavy atom. The number of allylic oxidation sites excluding steroid dienone is 2. The third-order valence-electron chi connectivity index (χ3n) is 5.60. The molecule has 4 nitrogen and oxygen atoms in total. The van der Waals surface area contributed by atoms with E-state index in [2.05, 4.69) is 34.6 Å². The van der Waals surface area contributed by atoms with E-state index < -0.39 is 0 Å². The Balaban J connectivity index is 2.56. The molecule has 0 aromatic heterocycles. The van der Waals surface area contributed by atoms with Crippen LogP contribution in [-0.4, -0.2) is 27.1 Å². The molecule has 4 heteroatoms. The first-order valence-electron chi connectivity index (χ1n) is 9.73. The number of ether oxygens (including phenoxy) is 3. The van der Waals surface area contributed by atoms with Crippen LogP contribution in [0.1, 0.15) is 70.9 Å². The van der Waals surface area contributed by atoms with Gasteiger partial charge in [0.25, 0.3) is 0 Å². The van der Waals surface area contributed by atoms with Gasteiger partial charge >= 0.3 is 0 Å². The van der Waals surface area contributed by atoms with Crippen LogP contribution in [0.5, 0.6) is 17.2 Å². The summed E-state index contributed by atoms with van der Waals surface area (Å²) in [6.45, 7) is 10.6. The Hall–Kier alpha value is -1.97. The van der Waals surface area contributed by atoms with E-state index in [-0.39, 0.29) is 17.1 Å². The number of methoxy groups -OCH3 is 3. The average Bonchev–Trinajstić information content (AvgIpc) is 2.59. The van der Waals surface area contributed by atoms with E-state index in [9.17, 15) is 4.79 Å². The first-order chi connectivity index (χ1) is 12.7. The minimum atomic E-state index is -0.0793. The standard InChI is InChI=1S/C23H34O4/c1-14(2)19-21(26-7)16(13-18(25-6)22(19)27-8)12-17(24)20-15(3)10-9-11-23(20,4)5/h13-14H,9-12H2,1-8H3. The number of Topliss-reactive ketones (excluding diaryl/α,β-unsaturated/α-hetero) is 1. The zero-order valence-electron chi connectivity index (χ0n) is 18.1. The number of hydrogen-bond donors (Lipinski definition) is 0. The van der Waals surface area contributed by atoms with Crippen LogP contribution in [0.3, 0.4) is 0 Å². The SMILES string of the molecule is COc1cc(CC(=O)C2=C(C)CCCC2(C)C)c(OC)c(C(C)C)c1OC. The zero-order valence-corrected chi connectivity index (χ0v) is 18.1. The lowest BCUT2D eigenvalue weighted by Gasteiger charge is -2.33. The molecule has 1 aromatic carbocycles. The van der Waals surface area contributed by atoms with Crippen molar-refractivity contribution in [2.45, 2.75) is 66.2 Å². The molecule has 0 amide bonds. The van der Waals surface area contributed by atoms with Gasteiger partial charge in [-0.25, -0.2) is 0 Å². The highest BCUT2D eigenvalue weighted by molar-refractivity contribution is 5.99. The van der Waals surface area contributed by atoms with Crippen molar-refractivity contribution < 1.29 is 19.0 Å². The maximum absolute atomic E-state index is 13.3. The number of benzene rings is 1. The van der Waals surface area contributed by atoms with Crippen molar-refractivity contribution in [3.05, 3.63) is 28.3 Å². The van der Waals surface area contributed by atoms with Crippen LogP contribution in [-0.2, 0) is 11.2 Å². The monoisotopic (exact) mass is 374 g/mol. The van der Waals surface area contributed by atoms with Crippen LogP contribution in [0, 0.1) is 5.41 Å². The molecule has 0 saturated carbocycles. The van der Waals surface area contributed by atoms with Crippen LogP contribution in [0.25, 0.3) is 0 Å². The van der Waals surface area contributed by atoms with Crippen molar-refractivity contribution in [3.63, 3.8) is 0 Å². The fourth-order valence-electron chi connectivity index (χ4n) is 4.46. The molecular formula is C23H34O4. The summed E-state index contributed by atoms with van der Waals surface area (Å²) in [6, 6.07) is 1.88. The van der Waals surface area contributed by atoms with Gasteiger partial charge < -0.3 is 14.2 Å². The Bertz CT molecular complexity index is 741. The Kier molecular flexibility index (Phi) is 6.61. The smallest absolute Gasteiger partial charge is 0.167 e. The van der Waals surface area contributed by atoms with Gasteiger partial charge in [-0.1, -0.05) is 33.3 Å². The lowest BCUT2D eigenvalue weighted by Crippen LogP contribution is -2.27. The van der Waals surface area contributed by atoms with Gasteiger partial charge in [-0.05, 0) is 43.6 Å². The summed E-state index contributed by atoms with van der Waals surface area (Å²) < 4.78 is 16.9. The average molecular weight is 375 g/mol. The molecule has 27 heavy (non-hydrogen) atoms. The van der Waals surface area contributed by atoms with Crippen molar-refractivity contribution in [1.29, 1.82) is 0 Å². The minimum absolute atomic E-state index is 0.0793. The molecular weight excluding hydrogens is 340 g/mol. The molecule has 1 aliphatic rings. The molecule has 2 rings (SSSR count). The van der Waals surface area contributed by atoms with Crippen molar-refractivity contribution in [3.8, 4) is 17.2 Å². The van der Waals surface area contributed by atoms with Crippen molar-refractivity contribution in [1.82, 2.24) is 0 Å². The molecule has 1 aliphatic carbocycles. The molecule has 0 atom stereocenters. The quantitative estimate of drug-likeness (QED) is 0.634. The van der Waals surface area contributed by atoms with Gasteiger partial charge in [0.15, 0.2) is 17.3 Å². The summed E-state index contributed by atoms with van der Waals surface area (Å²) in [4.78, 5) is 13.3. The van der Waals surface area contributed by atoms with Crippen LogP contribution >= 0.6 is 0 Å². The molecule has 0 aliphatic heterocycles. The predicted molar refractivity (Wildman–Crippen MR) is 109 cm³/mol. The first kappa shape index (κ1) is 21.3. The molecule has 0 bridgehead atoms. The Labute approximate surface area is 163 Å². The van der Waals surface area contributed by atoms with E-state index >= 15 is 0 Å². The van der Waals surface area contributed by atoms with Crippen LogP contribution in [0.15, 0.2) is 17.2 Å². The van der Waals surface area contributed by atoms with Gasteiger partial charge in [0.05, 0.1) is 21.3 Å². The fourth-order valence-corrected chi connectivity index (χ4v) is 4.46. The van der Waals surface area contributed by atoms with Gasteiger partial charge in [-0.3, -0.25) is 4.79 Å². The zero-order chi connectivity index (χ0) is 20.4. The van der Waals surface area contributed by atoms with Gasteiger partial charge in [0, 0.05) is 23.1 Å². The van der Waals surface area contributed by atoms with E-state index in [0.717, 1.165) is 41.7 Å². The summed E-state index contributed by atoms with van der Waals surface area (Å²) in [7, 11) is 4.90. The highest BCUT2D eigenvalue weighted by atomic mass is 16.5. The number of ketones is 1. The van der Waals surface area contributed by atoms with Gasteiger partial charge in [0.2, 0.25) is 0 Å². The van der Waals surface area contributed by atoms with Crippen molar-refractivity contribution in [2.24, 2.45) is 5.41 Å². The third-order valence-corrected chi connectivity index (χ3v) is 5.60. The Morgan fingerprint density at radius 2 is 1.74 bits per heavy atom. The van der Waals surface area contributed by atoms with Crippen molar-refractivity contribution >= 4 is 5.78 Å². The Morgan fingerprint density at radius 3 is 2.22 bits per heavy atom. The maximum atomic E-state index is 13.3. The number of rotatable bonds is 7. The summed E-state index contributed by atoms with van der Waals surface area (Å²) in [5, 5.41) is 0.